The van der Waals surface area contributed by atoms with E-state index in [0.29, 0.717) is 11.1 Å². The summed E-state index contributed by atoms with van der Waals surface area (Å²) in [4.78, 5) is 4.33. The number of fused-ring (bicyclic) bond motifs is 1. The molecular weight excluding hydrogens is 448 g/mol. The quantitative estimate of drug-likeness (QED) is 0.313. The summed E-state index contributed by atoms with van der Waals surface area (Å²) in [6.45, 7) is 1.34. The van der Waals surface area contributed by atoms with Gasteiger partial charge in [-0.3, -0.25) is 0 Å². The lowest BCUT2D eigenvalue weighted by atomic mass is 9.96. The van der Waals surface area contributed by atoms with Crippen LogP contribution in [0.3, 0.4) is 0 Å². The lowest BCUT2D eigenvalue weighted by molar-refractivity contribution is -0.269. The highest BCUT2D eigenvalue weighted by molar-refractivity contribution is 6.30. The number of nitrogens with zero attached hydrogens (tertiary/aromatic N) is 4. The largest absolute Gasteiger partial charge is 0.423 e. The Morgan fingerprint density at radius 3 is 2.44 bits per heavy atom. The number of rotatable bonds is 5. The normalized spacial score (nSPS) is 14.0. The van der Waals surface area contributed by atoms with Crippen molar-refractivity contribution in [1.82, 2.24) is 20.0 Å². The maximum atomic E-state index is 13.3. The van der Waals surface area contributed by atoms with Crippen LogP contribution in [-0.4, -0.2) is 31.3 Å². The molecule has 0 aliphatic rings. The number of halogens is 5. The molecule has 0 fully saturated rings. The molecule has 2 aromatic carbocycles. The molecule has 0 aliphatic carbocycles. The van der Waals surface area contributed by atoms with Gasteiger partial charge in [-0.2, -0.15) is 13.2 Å². The van der Waals surface area contributed by atoms with Gasteiger partial charge in [0.05, 0.1) is 18.3 Å². The summed E-state index contributed by atoms with van der Waals surface area (Å²) >= 11 is 6.18. The minimum Gasteiger partial charge on any atom is -0.375 e. The summed E-state index contributed by atoms with van der Waals surface area (Å²) in [6, 6.07) is 13.0. The van der Waals surface area contributed by atoms with Crippen LogP contribution in [0, 0.1) is 5.82 Å². The monoisotopic (exact) mass is 464 g/mol. The van der Waals surface area contributed by atoms with E-state index in [0.717, 1.165) is 22.7 Å². The summed E-state index contributed by atoms with van der Waals surface area (Å²) < 4.78 is 54.3. The van der Waals surface area contributed by atoms with Crippen molar-refractivity contribution in [2.75, 3.05) is 0 Å². The smallest absolute Gasteiger partial charge is 0.375 e. The summed E-state index contributed by atoms with van der Waals surface area (Å²) in [6.07, 6.45) is -4.38. The molecule has 2 aromatic heterocycles. The van der Waals surface area contributed by atoms with Crippen molar-refractivity contribution in [2.24, 2.45) is 0 Å². The summed E-state index contributed by atoms with van der Waals surface area (Å²) in [5.74, 6) is -0.354. The Balaban J connectivity index is 1.67. The van der Waals surface area contributed by atoms with E-state index in [1.165, 1.54) is 23.7 Å². The van der Waals surface area contributed by atoms with Gasteiger partial charge in [0.2, 0.25) is 5.60 Å². The fourth-order valence-corrected chi connectivity index (χ4v) is 3.69. The molecule has 5 nitrogen and oxygen atoms in total. The van der Waals surface area contributed by atoms with Crippen molar-refractivity contribution in [3.63, 3.8) is 0 Å². The van der Waals surface area contributed by atoms with Crippen LogP contribution in [0.15, 0.2) is 54.7 Å². The predicted molar refractivity (Wildman–Crippen MR) is 112 cm³/mol. The first-order valence-corrected chi connectivity index (χ1v) is 10.0. The van der Waals surface area contributed by atoms with Gasteiger partial charge in [0.1, 0.15) is 16.7 Å². The van der Waals surface area contributed by atoms with Gasteiger partial charge in [-0.25, -0.2) is 14.1 Å². The number of pyridine rings is 1. The molecule has 0 bridgehead atoms. The molecule has 4 rings (SSSR count). The molecule has 4 aromatic rings. The van der Waals surface area contributed by atoms with Crippen LogP contribution in [0.1, 0.15) is 24.6 Å². The second-order valence-electron chi connectivity index (χ2n) is 7.36. The molecule has 0 saturated carbocycles. The van der Waals surface area contributed by atoms with Gasteiger partial charge in [0.25, 0.3) is 0 Å². The molecule has 2 heterocycles. The fourth-order valence-electron chi connectivity index (χ4n) is 3.49. The number of alkyl halides is 3. The zero-order chi connectivity index (χ0) is 23.1. The van der Waals surface area contributed by atoms with Gasteiger partial charge < -0.3 is 5.11 Å². The highest BCUT2D eigenvalue weighted by atomic mass is 35.5. The van der Waals surface area contributed by atoms with Crippen LogP contribution >= 0.6 is 11.6 Å². The summed E-state index contributed by atoms with van der Waals surface area (Å²) in [5.41, 5.74) is -0.828. The topological polar surface area (TPSA) is 63.8 Å². The SMILES string of the molecule is CC[C@](O)(c1cn(Cc2ccc3c(-c4ccc(F)cc4)cc(Cl)nc3c2)nn1)C(F)(F)F. The Kier molecular flexibility index (Phi) is 5.64. The van der Waals surface area contributed by atoms with Crippen molar-refractivity contribution >= 4 is 22.5 Å². The lowest BCUT2D eigenvalue weighted by Crippen LogP contribution is -2.42. The van der Waals surface area contributed by atoms with E-state index in [1.54, 1.807) is 30.3 Å². The average molecular weight is 465 g/mol. The maximum Gasteiger partial charge on any atom is 0.423 e. The van der Waals surface area contributed by atoms with Gasteiger partial charge in [-0.05, 0) is 47.4 Å². The maximum absolute atomic E-state index is 13.3. The van der Waals surface area contributed by atoms with Crippen LogP contribution < -0.4 is 0 Å². The van der Waals surface area contributed by atoms with E-state index in [9.17, 15) is 22.7 Å². The Morgan fingerprint density at radius 1 is 1.06 bits per heavy atom. The van der Waals surface area contributed by atoms with E-state index in [-0.39, 0.29) is 17.5 Å². The molecule has 32 heavy (non-hydrogen) atoms. The molecule has 0 amide bonds. The number of aromatic nitrogens is 4. The van der Waals surface area contributed by atoms with E-state index in [2.05, 4.69) is 15.3 Å². The minimum atomic E-state index is -4.87. The van der Waals surface area contributed by atoms with Crippen molar-refractivity contribution in [1.29, 1.82) is 0 Å². The lowest BCUT2D eigenvalue weighted by Gasteiger charge is -2.26. The van der Waals surface area contributed by atoms with E-state index in [4.69, 9.17) is 11.6 Å². The van der Waals surface area contributed by atoms with Crippen molar-refractivity contribution in [2.45, 2.75) is 31.7 Å². The molecular formula is C22H17ClF4N4O. The van der Waals surface area contributed by atoms with Gasteiger partial charge in [-0.1, -0.05) is 48.0 Å². The predicted octanol–water partition coefficient (Wildman–Crippen LogP) is 5.49. The fraction of sp³-hybridized carbons (Fsp3) is 0.227. The standard InChI is InChI=1S/C22H17ClF4N4O/c1-2-21(32,22(25,26)27)19-12-31(30-29-19)11-13-3-8-16-17(10-20(23)28-18(16)9-13)14-4-6-15(24)7-5-14/h3-10,12,32H,2,11H2,1H3/t21-/m0/s1. The second-order valence-corrected chi connectivity index (χ2v) is 7.75. The van der Waals surface area contributed by atoms with Gasteiger partial charge in [-0.15, -0.1) is 5.10 Å². The van der Waals surface area contributed by atoms with Crippen molar-refractivity contribution in [3.05, 3.63) is 77.0 Å². The Hall–Kier alpha value is -3.04. The van der Waals surface area contributed by atoms with E-state index < -0.39 is 23.9 Å². The third kappa shape index (κ3) is 4.05. The Bertz CT molecular complexity index is 1270. The number of aliphatic hydroxyl groups is 1. The molecule has 0 radical (unpaired) electrons. The van der Waals surface area contributed by atoms with Crippen LogP contribution in [-0.2, 0) is 12.1 Å². The number of hydrogen-bond donors (Lipinski definition) is 1. The third-order valence-corrected chi connectivity index (χ3v) is 5.48. The van der Waals surface area contributed by atoms with E-state index in [1.807, 2.05) is 6.07 Å². The third-order valence-electron chi connectivity index (χ3n) is 5.29. The highest BCUT2D eigenvalue weighted by Gasteiger charge is 2.55. The number of hydrogen-bond acceptors (Lipinski definition) is 4. The van der Waals surface area contributed by atoms with Crippen LogP contribution in [0.5, 0.6) is 0 Å². The molecule has 0 aliphatic heterocycles. The molecule has 1 N–H and O–H groups in total. The Labute approximate surface area is 185 Å². The van der Waals surface area contributed by atoms with Gasteiger partial charge >= 0.3 is 6.18 Å². The van der Waals surface area contributed by atoms with Gasteiger partial charge in [0, 0.05) is 5.39 Å². The molecule has 0 spiro atoms. The minimum absolute atomic E-state index is 0.112. The molecule has 166 valence electrons. The second kappa shape index (κ2) is 8.14. The zero-order valence-corrected chi connectivity index (χ0v) is 17.5. The van der Waals surface area contributed by atoms with Gasteiger partial charge in [0.15, 0.2) is 0 Å². The molecule has 0 saturated heterocycles. The van der Waals surface area contributed by atoms with Crippen molar-refractivity contribution in [3.8, 4) is 11.1 Å². The van der Waals surface area contributed by atoms with Crippen LogP contribution in [0.2, 0.25) is 5.15 Å². The first kappa shape index (κ1) is 22.2. The summed E-state index contributed by atoms with van der Waals surface area (Å²) in [5, 5.41) is 18.3. The highest BCUT2D eigenvalue weighted by Crippen LogP contribution is 2.40. The van der Waals surface area contributed by atoms with Crippen LogP contribution in [0.25, 0.3) is 22.0 Å². The molecule has 0 unspecified atom stereocenters. The first-order chi connectivity index (χ1) is 15.1. The zero-order valence-electron chi connectivity index (χ0n) is 16.7. The van der Waals surface area contributed by atoms with Crippen LogP contribution in [0.4, 0.5) is 17.6 Å². The molecule has 1 atom stereocenters. The number of benzene rings is 2. The molecule has 10 heteroatoms. The first-order valence-electron chi connectivity index (χ1n) is 9.65. The average Bonchev–Trinajstić information content (AvgIpc) is 3.21. The van der Waals surface area contributed by atoms with Crippen molar-refractivity contribution < 1.29 is 22.7 Å². The Morgan fingerprint density at radius 2 is 1.78 bits per heavy atom. The summed E-state index contributed by atoms with van der Waals surface area (Å²) in [7, 11) is 0. The van der Waals surface area contributed by atoms with E-state index >= 15 is 0 Å².